The molecule has 0 aliphatic carbocycles. The van der Waals surface area contributed by atoms with Gasteiger partial charge in [-0.25, -0.2) is 4.98 Å². The van der Waals surface area contributed by atoms with E-state index in [1.165, 1.54) is 42.7 Å². The van der Waals surface area contributed by atoms with Crippen molar-refractivity contribution in [2.45, 2.75) is 26.3 Å². The largest absolute Gasteiger partial charge is 0.297 e. The van der Waals surface area contributed by atoms with Crippen molar-refractivity contribution in [3.63, 3.8) is 0 Å². The summed E-state index contributed by atoms with van der Waals surface area (Å²) in [5, 5.41) is 0. The van der Waals surface area contributed by atoms with Crippen molar-refractivity contribution >= 4 is 21.4 Å². The maximum Gasteiger partial charge on any atom is 0.182 e. The molecule has 0 amide bonds. The monoisotopic (exact) mass is 293 g/mol. The van der Waals surface area contributed by atoms with Gasteiger partial charge < -0.3 is 0 Å². The molecule has 4 heteroatoms. The molecule has 17 heavy (non-hydrogen) atoms. The van der Waals surface area contributed by atoms with Crippen molar-refractivity contribution in [3.8, 4) is 0 Å². The predicted molar refractivity (Wildman–Crippen MR) is 72.1 cm³/mol. The number of aromatic nitrogens is 2. The molecular formula is C13H16BrN3. The van der Waals surface area contributed by atoms with E-state index in [4.69, 9.17) is 0 Å². The summed E-state index contributed by atoms with van der Waals surface area (Å²) < 4.78 is 3.01. The summed E-state index contributed by atoms with van der Waals surface area (Å²) in [6.07, 6.45) is 4.73. The molecule has 0 bridgehead atoms. The van der Waals surface area contributed by atoms with Crippen molar-refractivity contribution in [3.05, 3.63) is 34.3 Å². The van der Waals surface area contributed by atoms with Crippen LogP contribution >= 0.6 is 15.9 Å². The summed E-state index contributed by atoms with van der Waals surface area (Å²) in [5.74, 6) is 0. The van der Waals surface area contributed by atoms with Crippen LogP contribution in [0.25, 0.3) is 5.52 Å². The van der Waals surface area contributed by atoms with E-state index < -0.39 is 0 Å². The third-order valence-corrected chi connectivity index (χ3v) is 3.96. The van der Waals surface area contributed by atoms with Crippen LogP contribution in [-0.4, -0.2) is 27.4 Å². The number of pyridine rings is 1. The highest BCUT2D eigenvalue weighted by Crippen LogP contribution is 2.21. The molecule has 90 valence electrons. The van der Waals surface area contributed by atoms with E-state index in [0.717, 1.165) is 11.3 Å². The number of aryl methyl sites for hydroxylation is 1. The van der Waals surface area contributed by atoms with Crippen molar-refractivity contribution in [2.24, 2.45) is 0 Å². The van der Waals surface area contributed by atoms with Crippen LogP contribution in [0.3, 0.4) is 0 Å². The quantitative estimate of drug-likeness (QED) is 0.848. The molecule has 0 saturated carbocycles. The van der Waals surface area contributed by atoms with Gasteiger partial charge in [-0.3, -0.25) is 9.30 Å². The first-order valence-corrected chi connectivity index (χ1v) is 6.89. The molecule has 0 aromatic carbocycles. The standard InChI is InChI=1S/C13H16BrN3/c1-10-4-7-17-12(8-10)11(15-13(17)14)9-16-5-2-3-6-16/h4,7-8H,2-3,5-6,9H2,1H3. The Labute approximate surface area is 110 Å². The summed E-state index contributed by atoms with van der Waals surface area (Å²) in [4.78, 5) is 7.12. The zero-order valence-electron chi connectivity index (χ0n) is 9.99. The zero-order chi connectivity index (χ0) is 11.8. The first kappa shape index (κ1) is 11.2. The van der Waals surface area contributed by atoms with Crippen LogP contribution < -0.4 is 0 Å². The lowest BCUT2D eigenvalue weighted by atomic mass is 10.2. The summed E-state index contributed by atoms with van der Waals surface area (Å²) >= 11 is 3.52. The van der Waals surface area contributed by atoms with Crippen LogP contribution in [0.5, 0.6) is 0 Å². The lowest BCUT2D eigenvalue weighted by Gasteiger charge is -2.12. The molecular weight excluding hydrogens is 278 g/mol. The average Bonchev–Trinajstić information content (AvgIpc) is 2.89. The van der Waals surface area contributed by atoms with Gasteiger partial charge in [0, 0.05) is 12.7 Å². The topological polar surface area (TPSA) is 20.5 Å². The molecule has 0 N–H and O–H groups in total. The molecule has 0 unspecified atom stereocenters. The summed E-state index contributed by atoms with van der Waals surface area (Å²) in [6.45, 7) is 5.52. The van der Waals surface area contributed by atoms with Gasteiger partial charge in [0.2, 0.25) is 0 Å². The molecule has 3 rings (SSSR count). The highest BCUT2D eigenvalue weighted by molar-refractivity contribution is 9.10. The first-order valence-electron chi connectivity index (χ1n) is 6.09. The van der Waals surface area contributed by atoms with Gasteiger partial charge in [0.25, 0.3) is 0 Å². The SMILES string of the molecule is Cc1ccn2c(Br)nc(CN3CCCC3)c2c1. The minimum absolute atomic E-state index is 0.904. The number of imidazole rings is 1. The Morgan fingerprint density at radius 3 is 2.88 bits per heavy atom. The zero-order valence-corrected chi connectivity index (χ0v) is 11.6. The van der Waals surface area contributed by atoms with E-state index in [0.29, 0.717) is 0 Å². The molecule has 1 aliphatic heterocycles. The van der Waals surface area contributed by atoms with Gasteiger partial charge in [0.15, 0.2) is 4.73 Å². The van der Waals surface area contributed by atoms with Crippen LogP contribution in [0.2, 0.25) is 0 Å². The maximum absolute atomic E-state index is 4.63. The third kappa shape index (κ3) is 2.11. The maximum atomic E-state index is 4.63. The first-order chi connectivity index (χ1) is 8.24. The second-order valence-electron chi connectivity index (χ2n) is 4.77. The molecule has 2 aromatic heterocycles. The Morgan fingerprint density at radius 2 is 2.12 bits per heavy atom. The van der Waals surface area contributed by atoms with E-state index in [1.54, 1.807) is 0 Å². The Balaban J connectivity index is 2.00. The van der Waals surface area contributed by atoms with E-state index in [1.807, 2.05) is 0 Å². The number of halogens is 1. The number of nitrogens with zero attached hydrogens (tertiary/aromatic N) is 3. The molecule has 2 aromatic rings. The minimum atomic E-state index is 0.904. The summed E-state index contributed by atoms with van der Waals surface area (Å²) in [5.41, 5.74) is 3.69. The molecule has 0 spiro atoms. The Morgan fingerprint density at radius 1 is 1.35 bits per heavy atom. The highest BCUT2D eigenvalue weighted by Gasteiger charge is 2.16. The van der Waals surface area contributed by atoms with Gasteiger partial charge in [-0.1, -0.05) is 0 Å². The van der Waals surface area contributed by atoms with E-state index in [-0.39, 0.29) is 0 Å². The van der Waals surface area contributed by atoms with Crippen LogP contribution in [0.1, 0.15) is 24.1 Å². The second-order valence-corrected chi connectivity index (χ2v) is 5.48. The lowest BCUT2D eigenvalue weighted by Crippen LogP contribution is -2.18. The number of hydrogen-bond donors (Lipinski definition) is 0. The van der Waals surface area contributed by atoms with Crippen molar-refractivity contribution in [2.75, 3.05) is 13.1 Å². The third-order valence-electron chi connectivity index (χ3n) is 3.40. The van der Waals surface area contributed by atoms with Gasteiger partial charge >= 0.3 is 0 Å². The molecule has 1 fully saturated rings. The number of hydrogen-bond acceptors (Lipinski definition) is 2. The van der Waals surface area contributed by atoms with Gasteiger partial charge in [-0.15, -0.1) is 0 Å². The molecule has 3 nitrogen and oxygen atoms in total. The predicted octanol–water partition coefficient (Wildman–Crippen LogP) is 3.00. The molecule has 3 heterocycles. The second kappa shape index (κ2) is 4.42. The number of fused-ring (bicyclic) bond motifs is 1. The summed E-state index contributed by atoms with van der Waals surface area (Å²) in [6, 6.07) is 4.32. The van der Waals surface area contributed by atoms with Gasteiger partial charge in [0.1, 0.15) is 0 Å². The molecule has 1 saturated heterocycles. The lowest BCUT2D eigenvalue weighted by molar-refractivity contribution is 0.329. The minimum Gasteiger partial charge on any atom is -0.297 e. The Kier molecular flexibility index (Phi) is 2.92. The Hall–Kier alpha value is -0.870. The average molecular weight is 294 g/mol. The Bertz CT molecular complexity index is 541. The van der Waals surface area contributed by atoms with Crippen molar-refractivity contribution in [1.29, 1.82) is 0 Å². The highest BCUT2D eigenvalue weighted by atomic mass is 79.9. The molecule has 1 aliphatic rings. The van der Waals surface area contributed by atoms with Crippen molar-refractivity contribution in [1.82, 2.24) is 14.3 Å². The van der Waals surface area contributed by atoms with Gasteiger partial charge in [-0.05, 0) is 66.5 Å². The fourth-order valence-corrected chi connectivity index (χ4v) is 3.00. The van der Waals surface area contributed by atoms with Gasteiger partial charge in [-0.2, -0.15) is 0 Å². The van der Waals surface area contributed by atoms with Gasteiger partial charge in [0.05, 0.1) is 11.2 Å². The van der Waals surface area contributed by atoms with Crippen LogP contribution in [0, 0.1) is 6.92 Å². The van der Waals surface area contributed by atoms with E-state index >= 15 is 0 Å². The molecule has 0 radical (unpaired) electrons. The van der Waals surface area contributed by atoms with Crippen LogP contribution in [0.15, 0.2) is 23.1 Å². The molecule has 0 atom stereocenters. The van der Waals surface area contributed by atoms with E-state index in [2.05, 4.69) is 55.5 Å². The van der Waals surface area contributed by atoms with Crippen LogP contribution in [0.4, 0.5) is 0 Å². The fraction of sp³-hybridized carbons (Fsp3) is 0.462. The number of likely N-dealkylation sites (tertiary alicyclic amines) is 1. The number of rotatable bonds is 2. The van der Waals surface area contributed by atoms with E-state index in [9.17, 15) is 0 Å². The normalized spacial score (nSPS) is 17.1. The fourth-order valence-electron chi connectivity index (χ4n) is 2.48. The van der Waals surface area contributed by atoms with Crippen LogP contribution in [-0.2, 0) is 6.54 Å². The smallest absolute Gasteiger partial charge is 0.182 e. The summed E-state index contributed by atoms with van der Waals surface area (Å²) in [7, 11) is 0. The van der Waals surface area contributed by atoms with Crippen molar-refractivity contribution < 1.29 is 0 Å².